The molecule has 0 atom stereocenters. The van der Waals surface area contributed by atoms with Crippen LogP contribution < -0.4 is 0 Å². The predicted molar refractivity (Wildman–Crippen MR) is 58.3 cm³/mol. The fraction of sp³-hybridized carbons (Fsp3) is 0.231. The van der Waals surface area contributed by atoms with Crippen molar-refractivity contribution in [3.05, 3.63) is 47.7 Å². The number of hydrogen-bond donors (Lipinski definition) is 0. The number of aryl methyl sites for hydroxylation is 1. The van der Waals surface area contributed by atoms with E-state index in [1.54, 1.807) is 6.26 Å². The lowest BCUT2D eigenvalue weighted by atomic mass is 9.99. The van der Waals surface area contributed by atoms with Crippen LogP contribution in [-0.4, -0.2) is 0 Å². The highest BCUT2D eigenvalue weighted by molar-refractivity contribution is 5.63. The lowest BCUT2D eigenvalue weighted by molar-refractivity contribution is 0.582. The van der Waals surface area contributed by atoms with Gasteiger partial charge in [0.25, 0.3) is 0 Å². The van der Waals surface area contributed by atoms with Gasteiger partial charge in [0.1, 0.15) is 5.76 Å². The fourth-order valence-electron chi connectivity index (χ4n) is 1.77. The van der Waals surface area contributed by atoms with E-state index in [9.17, 15) is 0 Å². The minimum Gasteiger partial charge on any atom is -0.464 e. The Balaban J connectivity index is 2.54. The maximum atomic E-state index is 5.40. The quantitative estimate of drug-likeness (QED) is 0.695. The standard InChI is InChI=1S/C13H14O/c1-3-11-6-4-7-12(10(11)2)13-8-5-9-14-13/h4-9H,3H2,1-2H3. The van der Waals surface area contributed by atoms with Crippen molar-refractivity contribution in [3.8, 4) is 11.3 Å². The number of benzene rings is 1. The van der Waals surface area contributed by atoms with Crippen molar-refractivity contribution in [1.82, 2.24) is 0 Å². The molecule has 1 aromatic carbocycles. The lowest BCUT2D eigenvalue weighted by Gasteiger charge is -2.07. The second-order valence-electron chi connectivity index (χ2n) is 3.42. The second-order valence-corrected chi connectivity index (χ2v) is 3.42. The molecule has 2 aromatic rings. The van der Waals surface area contributed by atoms with Gasteiger partial charge in [0.2, 0.25) is 0 Å². The zero-order valence-corrected chi connectivity index (χ0v) is 8.58. The molecule has 0 spiro atoms. The average Bonchev–Trinajstić information content (AvgIpc) is 2.71. The summed E-state index contributed by atoms with van der Waals surface area (Å²) in [6, 6.07) is 10.3. The molecule has 0 fully saturated rings. The Morgan fingerprint density at radius 1 is 1.14 bits per heavy atom. The molecule has 0 bridgehead atoms. The van der Waals surface area contributed by atoms with Gasteiger partial charge in [-0.05, 0) is 36.6 Å². The molecule has 1 nitrogen and oxygen atoms in total. The van der Waals surface area contributed by atoms with E-state index in [0.29, 0.717) is 0 Å². The second kappa shape index (κ2) is 3.70. The first kappa shape index (κ1) is 9.07. The zero-order valence-electron chi connectivity index (χ0n) is 8.58. The van der Waals surface area contributed by atoms with Crippen LogP contribution in [0.3, 0.4) is 0 Å². The van der Waals surface area contributed by atoms with E-state index in [-0.39, 0.29) is 0 Å². The third kappa shape index (κ3) is 1.46. The van der Waals surface area contributed by atoms with Crippen LogP contribution in [0.1, 0.15) is 18.1 Å². The molecular formula is C13H14O. The first-order valence-electron chi connectivity index (χ1n) is 4.95. The average molecular weight is 186 g/mol. The molecule has 1 aromatic heterocycles. The predicted octanol–water partition coefficient (Wildman–Crippen LogP) is 3.82. The summed E-state index contributed by atoms with van der Waals surface area (Å²) < 4.78 is 5.40. The highest BCUT2D eigenvalue weighted by Gasteiger charge is 2.06. The van der Waals surface area contributed by atoms with Crippen LogP contribution >= 0.6 is 0 Å². The summed E-state index contributed by atoms with van der Waals surface area (Å²) >= 11 is 0. The van der Waals surface area contributed by atoms with E-state index in [2.05, 4.69) is 32.0 Å². The minimum absolute atomic E-state index is 0.956. The smallest absolute Gasteiger partial charge is 0.134 e. The summed E-state index contributed by atoms with van der Waals surface area (Å²) in [6.45, 7) is 4.32. The third-order valence-electron chi connectivity index (χ3n) is 2.61. The molecule has 72 valence electrons. The van der Waals surface area contributed by atoms with Crippen molar-refractivity contribution in [2.45, 2.75) is 20.3 Å². The van der Waals surface area contributed by atoms with Crippen molar-refractivity contribution in [3.63, 3.8) is 0 Å². The maximum absolute atomic E-state index is 5.40. The Hall–Kier alpha value is -1.50. The molecule has 0 aliphatic rings. The molecular weight excluding hydrogens is 172 g/mol. The van der Waals surface area contributed by atoms with E-state index in [4.69, 9.17) is 4.42 Å². The molecule has 2 rings (SSSR count). The molecule has 0 saturated carbocycles. The van der Waals surface area contributed by atoms with Gasteiger partial charge < -0.3 is 4.42 Å². The Labute approximate surface area is 84.4 Å². The highest BCUT2D eigenvalue weighted by atomic mass is 16.3. The summed E-state index contributed by atoms with van der Waals surface area (Å²) in [6.07, 6.45) is 2.79. The van der Waals surface area contributed by atoms with Crippen LogP contribution in [0.15, 0.2) is 41.0 Å². The first-order chi connectivity index (χ1) is 6.83. The van der Waals surface area contributed by atoms with Gasteiger partial charge in [-0.3, -0.25) is 0 Å². The monoisotopic (exact) mass is 186 g/mol. The number of furan rings is 1. The van der Waals surface area contributed by atoms with E-state index < -0.39 is 0 Å². The van der Waals surface area contributed by atoms with Crippen LogP contribution in [-0.2, 0) is 6.42 Å². The van der Waals surface area contributed by atoms with Crippen LogP contribution in [0.2, 0.25) is 0 Å². The normalized spacial score (nSPS) is 10.4. The van der Waals surface area contributed by atoms with Gasteiger partial charge in [0, 0.05) is 5.56 Å². The molecule has 0 N–H and O–H groups in total. The maximum Gasteiger partial charge on any atom is 0.134 e. The number of rotatable bonds is 2. The summed E-state index contributed by atoms with van der Waals surface area (Å²) in [4.78, 5) is 0. The Kier molecular flexibility index (Phi) is 2.40. The van der Waals surface area contributed by atoms with Gasteiger partial charge in [0.05, 0.1) is 6.26 Å². The molecule has 0 aliphatic carbocycles. The van der Waals surface area contributed by atoms with E-state index in [1.807, 2.05) is 12.1 Å². The molecule has 1 heterocycles. The lowest BCUT2D eigenvalue weighted by Crippen LogP contribution is -1.89. The Morgan fingerprint density at radius 2 is 2.00 bits per heavy atom. The van der Waals surface area contributed by atoms with Gasteiger partial charge in [0.15, 0.2) is 0 Å². The van der Waals surface area contributed by atoms with Crippen molar-refractivity contribution in [2.24, 2.45) is 0 Å². The molecule has 0 amide bonds. The zero-order chi connectivity index (χ0) is 9.97. The molecule has 14 heavy (non-hydrogen) atoms. The fourth-order valence-corrected chi connectivity index (χ4v) is 1.77. The van der Waals surface area contributed by atoms with E-state index in [1.165, 1.54) is 16.7 Å². The van der Waals surface area contributed by atoms with Crippen LogP contribution in [0, 0.1) is 6.92 Å². The van der Waals surface area contributed by atoms with Crippen LogP contribution in [0.5, 0.6) is 0 Å². The summed E-state index contributed by atoms with van der Waals surface area (Å²) in [5.74, 6) is 0.956. The van der Waals surface area contributed by atoms with Crippen LogP contribution in [0.4, 0.5) is 0 Å². The Morgan fingerprint density at radius 3 is 2.64 bits per heavy atom. The van der Waals surface area contributed by atoms with Gasteiger partial charge in [-0.2, -0.15) is 0 Å². The highest BCUT2D eigenvalue weighted by Crippen LogP contribution is 2.26. The van der Waals surface area contributed by atoms with E-state index in [0.717, 1.165) is 12.2 Å². The molecule has 0 unspecified atom stereocenters. The van der Waals surface area contributed by atoms with Crippen molar-refractivity contribution < 1.29 is 4.42 Å². The van der Waals surface area contributed by atoms with Gasteiger partial charge in [-0.15, -0.1) is 0 Å². The molecule has 0 radical (unpaired) electrons. The van der Waals surface area contributed by atoms with Crippen molar-refractivity contribution in [2.75, 3.05) is 0 Å². The topological polar surface area (TPSA) is 13.1 Å². The van der Waals surface area contributed by atoms with Gasteiger partial charge >= 0.3 is 0 Å². The van der Waals surface area contributed by atoms with E-state index >= 15 is 0 Å². The Bertz CT molecular complexity index is 413. The summed E-state index contributed by atoms with van der Waals surface area (Å²) in [5.41, 5.74) is 3.92. The van der Waals surface area contributed by atoms with Crippen molar-refractivity contribution >= 4 is 0 Å². The van der Waals surface area contributed by atoms with Gasteiger partial charge in [-0.25, -0.2) is 0 Å². The van der Waals surface area contributed by atoms with Gasteiger partial charge in [-0.1, -0.05) is 25.1 Å². The largest absolute Gasteiger partial charge is 0.464 e. The molecule has 0 aliphatic heterocycles. The number of hydrogen-bond acceptors (Lipinski definition) is 1. The molecule has 1 heteroatoms. The first-order valence-corrected chi connectivity index (χ1v) is 4.95. The minimum atomic E-state index is 0.956. The van der Waals surface area contributed by atoms with Crippen LogP contribution in [0.25, 0.3) is 11.3 Å². The van der Waals surface area contributed by atoms with Crippen molar-refractivity contribution in [1.29, 1.82) is 0 Å². The summed E-state index contributed by atoms with van der Waals surface area (Å²) in [5, 5.41) is 0. The summed E-state index contributed by atoms with van der Waals surface area (Å²) in [7, 11) is 0. The third-order valence-corrected chi connectivity index (χ3v) is 2.61. The molecule has 0 saturated heterocycles. The SMILES string of the molecule is CCc1cccc(-c2ccco2)c1C.